The molecule has 0 spiro atoms. The lowest BCUT2D eigenvalue weighted by Crippen LogP contribution is -2.28. The van der Waals surface area contributed by atoms with Crippen LogP contribution in [0.2, 0.25) is 5.02 Å². The van der Waals surface area contributed by atoms with Crippen LogP contribution in [-0.4, -0.2) is 17.0 Å². The highest BCUT2D eigenvalue weighted by molar-refractivity contribution is 7.07. The van der Waals surface area contributed by atoms with Crippen LogP contribution in [0.3, 0.4) is 0 Å². The first-order valence-electron chi connectivity index (χ1n) is 7.97. The molecule has 0 bridgehead atoms. The second-order valence-corrected chi connectivity index (χ2v) is 7.40. The van der Waals surface area contributed by atoms with Crippen molar-refractivity contribution in [2.75, 3.05) is 12.4 Å². The molecule has 26 heavy (non-hydrogen) atoms. The molecule has 0 fully saturated rings. The van der Waals surface area contributed by atoms with Gasteiger partial charge in [-0.15, -0.1) is 0 Å². The molecule has 0 saturated heterocycles. The maximum atomic E-state index is 8.22. The molecule has 7 heteroatoms. The minimum Gasteiger partial charge on any atom is -0.494 e. The van der Waals surface area contributed by atoms with E-state index in [1.807, 2.05) is 44.2 Å². The van der Waals surface area contributed by atoms with Gasteiger partial charge in [-0.1, -0.05) is 29.2 Å². The highest BCUT2D eigenvalue weighted by atomic mass is 35.5. The number of aromatic nitrogens is 1. The fourth-order valence-corrected chi connectivity index (χ4v) is 3.31. The first-order chi connectivity index (χ1) is 12.5. The molecule has 2 N–H and O–H groups in total. The summed E-state index contributed by atoms with van der Waals surface area (Å²) in [6, 6.07) is 15.0. The summed E-state index contributed by atoms with van der Waals surface area (Å²) in [5.74, 6) is 1.21. The fourth-order valence-electron chi connectivity index (χ4n) is 2.41. The molecule has 0 saturated carbocycles. The van der Waals surface area contributed by atoms with Gasteiger partial charge in [-0.05, 0) is 61.9 Å². The third kappa shape index (κ3) is 4.15. The van der Waals surface area contributed by atoms with Crippen LogP contribution in [0.4, 0.5) is 11.4 Å². The lowest BCUT2D eigenvalue weighted by Gasteiger charge is -2.12. The average molecular weight is 387 g/mol. The van der Waals surface area contributed by atoms with Crippen molar-refractivity contribution >= 4 is 40.5 Å². The van der Waals surface area contributed by atoms with E-state index in [-0.39, 0.29) is 0 Å². The van der Waals surface area contributed by atoms with Crippen LogP contribution < -0.4 is 15.5 Å². The van der Waals surface area contributed by atoms with Crippen LogP contribution in [-0.2, 0) is 0 Å². The number of halogens is 1. The van der Waals surface area contributed by atoms with Crippen molar-refractivity contribution in [3.05, 3.63) is 69.5 Å². The Hall–Kier alpha value is -2.57. The molecule has 134 valence electrons. The molecular weight excluding hydrogens is 368 g/mol. The Bertz CT molecular complexity index is 1010. The van der Waals surface area contributed by atoms with E-state index in [0.717, 1.165) is 16.1 Å². The molecule has 1 aromatic heterocycles. The molecule has 1 heterocycles. The van der Waals surface area contributed by atoms with Crippen LogP contribution in [0.1, 0.15) is 10.4 Å². The van der Waals surface area contributed by atoms with Gasteiger partial charge in [0, 0.05) is 15.6 Å². The normalized spacial score (nSPS) is 11.5. The van der Waals surface area contributed by atoms with Crippen LogP contribution >= 0.6 is 23.1 Å². The van der Waals surface area contributed by atoms with Crippen molar-refractivity contribution in [1.82, 2.24) is 3.96 Å². The summed E-state index contributed by atoms with van der Waals surface area (Å²) in [6.45, 7) is 3.97. The SMILES string of the molecule is COc1cc(C)ccc1N=C(Nc1ccc(Cl)cc1)n1sc(C)cc1=N. The molecular formula is C19H19ClN4OS. The Kier molecular flexibility index (Phi) is 5.44. The quantitative estimate of drug-likeness (QED) is 0.493. The molecule has 0 amide bonds. The highest BCUT2D eigenvalue weighted by Crippen LogP contribution is 2.29. The van der Waals surface area contributed by atoms with Gasteiger partial charge in [-0.3, -0.25) is 5.41 Å². The number of aliphatic imine (C=N–C) groups is 1. The maximum absolute atomic E-state index is 8.22. The van der Waals surface area contributed by atoms with Crippen LogP contribution in [0.25, 0.3) is 0 Å². The van der Waals surface area contributed by atoms with E-state index < -0.39 is 0 Å². The van der Waals surface area contributed by atoms with Crippen molar-refractivity contribution in [1.29, 1.82) is 5.41 Å². The number of hydrogen-bond acceptors (Lipinski definition) is 4. The molecule has 2 aromatic carbocycles. The predicted octanol–water partition coefficient (Wildman–Crippen LogP) is 4.96. The van der Waals surface area contributed by atoms with Gasteiger partial charge in [0.2, 0.25) is 5.96 Å². The highest BCUT2D eigenvalue weighted by Gasteiger charge is 2.10. The molecule has 0 atom stereocenters. The fraction of sp³-hybridized carbons (Fsp3) is 0.158. The molecule has 0 aliphatic rings. The lowest BCUT2D eigenvalue weighted by atomic mass is 10.2. The molecule has 0 radical (unpaired) electrons. The van der Waals surface area contributed by atoms with Crippen molar-refractivity contribution in [2.24, 2.45) is 4.99 Å². The number of benzene rings is 2. The second-order valence-electron chi connectivity index (χ2n) is 5.77. The predicted molar refractivity (Wildman–Crippen MR) is 108 cm³/mol. The zero-order chi connectivity index (χ0) is 18.7. The van der Waals surface area contributed by atoms with E-state index in [1.54, 1.807) is 29.3 Å². The van der Waals surface area contributed by atoms with Gasteiger partial charge in [0.1, 0.15) is 16.9 Å². The van der Waals surface area contributed by atoms with Crippen molar-refractivity contribution in [2.45, 2.75) is 13.8 Å². The summed E-state index contributed by atoms with van der Waals surface area (Å²) in [5, 5.41) is 12.2. The molecule has 0 aliphatic carbocycles. The first kappa shape index (κ1) is 18.2. The van der Waals surface area contributed by atoms with E-state index in [0.29, 0.717) is 27.9 Å². The monoisotopic (exact) mass is 386 g/mol. The number of rotatable bonds is 3. The number of aryl methyl sites for hydroxylation is 2. The summed E-state index contributed by atoms with van der Waals surface area (Å²) in [7, 11) is 1.62. The second kappa shape index (κ2) is 7.76. The Balaban J connectivity index is 2.09. The third-order valence-electron chi connectivity index (χ3n) is 3.65. The minimum atomic E-state index is 0.360. The molecule has 5 nitrogen and oxygen atoms in total. The zero-order valence-electron chi connectivity index (χ0n) is 14.7. The maximum Gasteiger partial charge on any atom is 0.223 e. The van der Waals surface area contributed by atoms with Gasteiger partial charge < -0.3 is 10.1 Å². The summed E-state index contributed by atoms with van der Waals surface area (Å²) in [4.78, 5) is 5.76. The number of anilines is 1. The van der Waals surface area contributed by atoms with Gasteiger partial charge in [0.05, 0.1) is 7.11 Å². The molecule has 0 aliphatic heterocycles. The number of nitrogens with one attached hydrogen (secondary N) is 2. The van der Waals surface area contributed by atoms with E-state index in [4.69, 9.17) is 26.7 Å². The van der Waals surface area contributed by atoms with Crippen molar-refractivity contribution < 1.29 is 4.74 Å². The van der Waals surface area contributed by atoms with Crippen LogP contribution in [0, 0.1) is 19.3 Å². The summed E-state index contributed by atoms with van der Waals surface area (Å²) < 4.78 is 7.20. The number of methoxy groups -OCH3 is 1. The Morgan fingerprint density at radius 2 is 1.88 bits per heavy atom. The van der Waals surface area contributed by atoms with E-state index in [2.05, 4.69) is 5.32 Å². The smallest absolute Gasteiger partial charge is 0.223 e. The van der Waals surface area contributed by atoms with Gasteiger partial charge in [-0.25, -0.2) is 8.95 Å². The van der Waals surface area contributed by atoms with Gasteiger partial charge in [0.15, 0.2) is 0 Å². The van der Waals surface area contributed by atoms with E-state index in [1.165, 1.54) is 11.5 Å². The number of nitrogens with zero attached hydrogens (tertiary/aromatic N) is 2. The van der Waals surface area contributed by atoms with E-state index >= 15 is 0 Å². The average Bonchev–Trinajstić information content (AvgIpc) is 2.95. The van der Waals surface area contributed by atoms with Gasteiger partial charge in [-0.2, -0.15) is 0 Å². The van der Waals surface area contributed by atoms with Crippen molar-refractivity contribution in [3.63, 3.8) is 0 Å². The first-order valence-corrected chi connectivity index (χ1v) is 9.12. The Morgan fingerprint density at radius 1 is 1.15 bits per heavy atom. The Morgan fingerprint density at radius 3 is 2.50 bits per heavy atom. The minimum absolute atomic E-state index is 0.360. The molecule has 3 aromatic rings. The van der Waals surface area contributed by atoms with Gasteiger partial charge in [0.25, 0.3) is 0 Å². The third-order valence-corrected chi connectivity index (χ3v) is 4.86. The largest absolute Gasteiger partial charge is 0.494 e. The van der Waals surface area contributed by atoms with Crippen LogP contribution in [0.5, 0.6) is 5.75 Å². The topological polar surface area (TPSA) is 62.4 Å². The molecule has 3 rings (SSSR count). The summed E-state index contributed by atoms with van der Waals surface area (Å²) in [6.07, 6.45) is 0. The number of hydrogen-bond donors (Lipinski definition) is 2. The van der Waals surface area contributed by atoms with Crippen molar-refractivity contribution in [3.8, 4) is 5.75 Å². The van der Waals surface area contributed by atoms with Crippen LogP contribution in [0.15, 0.2) is 53.5 Å². The number of ether oxygens (including phenoxy) is 1. The molecule has 0 unspecified atom stereocenters. The van der Waals surface area contributed by atoms with Gasteiger partial charge >= 0.3 is 0 Å². The zero-order valence-corrected chi connectivity index (χ0v) is 16.3. The lowest BCUT2D eigenvalue weighted by molar-refractivity contribution is 0.416. The summed E-state index contributed by atoms with van der Waals surface area (Å²) in [5.41, 5.74) is 2.97. The standard InChI is InChI=1S/C19H19ClN4OS/c1-12-4-9-16(17(10-12)25-3)23-19(24-18(21)11-13(2)26-24)22-15-7-5-14(20)6-8-15/h4-11,21H,1-3H3,(H,22,23). The Labute approximate surface area is 161 Å². The van der Waals surface area contributed by atoms with E-state index in [9.17, 15) is 0 Å². The summed E-state index contributed by atoms with van der Waals surface area (Å²) >= 11 is 7.42.